The van der Waals surface area contributed by atoms with Gasteiger partial charge in [0.1, 0.15) is 29.2 Å². The number of benzene rings is 2. The number of hydrogen-bond acceptors (Lipinski definition) is 8. The lowest BCUT2D eigenvalue weighted by atomic mass is 9.88. The highest BCUT2D eigenvalue weighted by atomic mass is 16.2. The van der Waals surface area contributed by atoms with Crippen molar-refractivity contribution < 1.29 is 19.2 Å². The van der Waals surface area contributed by atoms with Gasteiger partial charge >= 0.3 is 0 Å². The molecule has 0 aliphatic carbocycles. The molecule has 3 aromatic heterocycles. The van der Waals surface area contributed by atoms with E-state index < -0.39 is 23.3 Å². The molecule has 0 spiro atoms. The van der Waals surface area contributed by atoms with Gasteiger partial charge in [-0.1, -0.05) is 101 Å². The number of H-pyrrole nitrogens is 4. The topological polar surface area (TPSA) is 207 Å². The Kier molecular flexibility index (Phi) is 13.5. The molecule has 56 heavy (non-hydrogen) atoms. The molecule has 2 aromatic carbocycles. The van der Waals surface area contributed by atoms with Crippen LogP contribution >= 0.6 is 0 Å². The molecule has 14 heteroatoms. The predicted molar refractivity (Wildman–Crippen MR) is 214 cm³/mol. The molecule has 3 amide bonds. The molecular weight excluding hydrogens is 713 g/mol. The van der Waals surface area contributed by atoms with E-state index >= 15 is 0 Å². The maximum atomic E-state index is 12.4. The van der Waals surface area contributed by atoms with E-state index in [4.69, 9.17) is 0 Å². The normalized spacial score (nSPS) is 14.2. The highest BCUT2D eigenvalue weighted by Crippen LogP contribution is 2.27. The summed E-state index contributed by atoms with van der Waals surface area (Å²) in [5.41, 5.74) is 2.75. The monoisotopic (exact) mass is 756 g/mol. The van der Waals surface area contributed by atoms with Gasteiger partial charge in [0.2, 0.25) is 11.8 Å². The SMILES string of the molecule is C=CC(C)(C)c1[nH]cnc1/C=C1\NC(=O)CN(C(C)=O)C1=O.C=CC(C)(C)c1[nH]cnc1/C=c1\[nH]c(=O)/c(=C\c2ccccc2)[nH]c1=O.O=Cc1ccccc1. The quantitative estimate of drug-likeness (QED) is 0.0902. The second-order valence-corrected chi connectivity index (χ2v) is 13.7. The van der Waals surface area contributed by atoms with Gasteiger partial charge in [-0.25, -0.2) is 9.97 Å². The van der Waals surface area contributed by atoms with Crippen molar-refractivity contribution in [2.24, 2.45) is 0 Å². The van der Waals surface area contributed by atoms with Gasteiger partial charge in [-0.05, 0) is 23.8 Å². The summed E-state index contributed by atoms with van der Waals surface area (Å²) in [4.78, 5) is 90.7. The summed E-state index contributed by atoms with van der Waals surface area (Å²) in [5.74, 6) is -1.43. The van der Waals surface area contributed by atoms with Crippen LogP contribution in [0.3, 0.4) is 0 Å². The molecular formula is C42H44N8O6. The van der Waals surface area contributed by atoms with Crippen molar-refractivity contribution >= 4 is 42.2 Å². The Hall–Kier alpha value is -7.22. The molecule has 1 aliphatic heterocycles. The number of carbonyl (C=O) groups is 4. The summed E-state index contributed by atoms with van der Waals surface area (Å²) in [6, 6.07) is 18.4. The van der Waals surface area contributed by atoms with Gasteiger partial charge in [0.25, 0.3) is 17.0 Å². The Morgan fingerprint density at radius 2 is 1.18 bits per heavy atom. The van der Waals surface area contributed by atoms with E-state index in [1.165, 1.54) is 19.3 Å². The lowest BCUT2D eigenvalue weighted by molar-refractivity contribution is -0.147. The van der Waals surface area contributed by atoms with Crippen LogP contribution < -0.4 is 27.1 Å². The first-order valence-corrected chi connectivity index (χ1v) is 17.4. The zero-order chi connectivity index (χ0) is 41.0. The minimum absolute atomic E-state index is 0.0275. The predicted octanol–water partition coefficient (Wildman–Crippen LogP) is 3.13. The number of allylic oxidation sites excluding steroid dienone is 2. The fourth-order valence-electron chi connectivity index (χ4n) is 5.24. The number of hydrogen-bond donors (Lipinski definition) is 5. The van der Waals surface area contributed by atoms with E-state index in [1.807, 2.05) is 76.2 Å². The Labute approximate surface area is 322 Å². The van der Waals surface area contributed by atoms with Crippen LogP contribution in [0.25, 0.3) is 18.2 Å². The number of nitrogens with zero attached hydrogens (tertiary/aromatic N) is 3. The molecule has 1 fully saturated rings. The van der Waals surface area contributed by atoms with E-state index in [-0.39, 0.29) is 39.3 Å². The molecule has 0 bridgehead atoms. The van der Waals surface area contributed by atoms with Gasteiger partial charge < -0.3 is 25.3 Å². The van der Waals surface area contributed by atoms with Crippen molar-refractivity contribution in [1.82, 2.24) is 40.1 Å². The third-order valence-electron chi connectivity index (χ3n) is 8.67. The molecule has 6 rings (SSSR count). The zero-order valence-corrected chi connectivity index (χ0v) is 31.8. The number of piperazine rings is 1. The van der Waals surface area contributed by atoms with Crippen molar-refractivity contribution in [3.05, 3.63) is 170 Å². The highest BCUT2D eigenvalue weighted by Gasteiger charge is 2.31. The van der Waals surface area contributed by atoms with Gasteiger partial charge in [0.15, 0.2) is 0 Å². The summed E-state index contributed by atoms with van der Waals surface area (Å²) in [6.45, 7) is 16.4. The number of aromatic nitrogens is 6. The lowest BCUT2D eigenvalue weighted by Crippen LogP contribution is -2.51. The first-order chi connectivity index (χ1) is 26.6. The maximum Gasteiger partial charge on any atom is 0.277 e. The van der Waals surface area contributed by atoms with Crippen LogP contribution in [0, 0.1) is 0 Å². The minimum Gasteiger partial charge on any atom is -0.347 e. The zero-order valence-electron chi connectivity index (χ0n) is 31.8. The number of imide groups is 1. The summed E-state index contributed by atoms with van der Waals surface area (Å²) < 4.78 is 0. The van der Waals surface area contributed by atoms with E-state index in [9.17, 15) is 28.8 Å². The summed E-state index contributed by atoms with van der Waals surface area (Å²) >= 11 is 0. The third-order valence-corrected chi connectivity index (χ3v) is 8.67. The summed E-state index contributed by atoms with van der Waals surface area (Å²) in [6.07, 6.45) is 12.1. The Bertz CT molecular complexity index is 2500. The number of imidazole rings is 2. The van der Waals surface area contributed by atoms with Crippen molar-refractivity contribution in [2.75, 3.05) is 6.54 Å². The third kappa shape index (κ3) is 10.5. The first-order valence-electron chi connectivity index (χ1n) is 17.4. The van der Waals surface area contributed by atoms with Gasteiger partial charge in [-0.3, -0.25) is 33.7 Å². The maximum absolute atomic E-state index is 12.4. The largest absolute Gasteiger partial charge is 0.347 e. The molecule has 4 heterocycles. The first kappa shape index (κ1) is 41.5. The van der Waals surface area contributed by atoms with Crippen LogP contribution in [0.4, 0.5) is 0 Å². The van der Waals surface area contributed by atoms with Gasteiger partial charge in [0, 0.05) is 23.3 Å². The van der Waals surface area contributed by atoms with Gasteiger partial charge in [-0.15, -0.1) is 13.2 Å². The highest BCUT2D eigenvalue weighted by molar-refractivity contribution is 6.12. The molecule has 0 unspecified atom stereocenters. The van der Waals surface area contributed by atoms with Crippen molar-refractivity contribution in [3.8, 4) is 0 Å². The molecule has 1 aliphatic rings. The summed E-state index contributed by atoms with van der Waals surface area (Å²) in [7, 11) is 0. The standard InChI is InChI=1S/C20H20N4O2.C15H18N4O3.C7H6O/c1-4-20(2,3)17-14(21-12-22-17)11-16-19(26)23-15(18(25)24-16)10-13-8-6-5-7-9-13;1-5-15(3,4)13-10(16-8-17-13)6-11-14(22)19(9(2)20)7-12(21)18-11;8-6-7-4-2-1-3-5-7/h4-12H,1H2,2-3H3,(H,21,22)(H,23,26)(H,24,25);5-6,8H,1,7H2,2-4H3,(H,16,17)(H,18,21);1-6H/b15-10+,16-11-;11-6-;. The van der Waals surface area contributed by atoms with Crippen LogP contribution in [-0.4, -0.2) is 65.4 Å². The van der Waals surface area contributed by atoms with Crippen LogP contribution in [0.5, 0.6) is 0 Å². The van der Waals surface area contributed by atoms with Gasteiger partial charge in [-0.2, -0.15) is 0 Å². The Balaban J connectivity index is 0.000000210. The molecule has 5 aromatic rings. The van der Waals surface area contributed by atoms with E-state index in [2.05, 4.69) is 48.4 Å². The second-order valence-electron chi connectivity index (χ2n) is 13.7. The number of carbonyl (C=O) groups excluding carboxylic acids is 4. The fourth-order valence-corrected chi connectivity index (χ4v) is 5.24. The number of nitrogens with one attached hydrogen (secondary N) is 5. The van der Waals surface area contributed by atoms with Crippen molar-refractivity contribution in [1.29, 1.82) is 0 Å². The van der Waals surface area contributed by atoms with E-state index in [0.717, 1.165) is 33.7 Å². The lowest BCUT2D eigenvalue weighted by Gasteiger charge is -2.25. The van der Waals surface area contributed by atoms with Crippen LogP contribution in [0.1, 0.15) is 73.3 Å². The fraction of sp³-hybridized carbons (Fsp3) is 0.190. The van der Waals surface area contributed by atoms with E-state index in [0.29, 0.717) is 11.4 Å². The molecule has 5 N–H and O–H groups in total. The van der Waals surface area contributed by atoms with E-state index in [1.54, 1.807) is 42.8 Å². The van der Waals surface area contributed by atoms with Gasteiger partial charge in [0.05, 0.1) is 35.4 Å². The molecule has 14 nitrogen and oxygen atoms in total. The molecule has 288 valence electrons. The van der Waals surface area contributed by atoms with Crippen LogP contribution in [0.2, 0.25) is 0 Å². The second kappa shape index (κ2) is 18.2. The average molecular weight is 757 g/mol. The average Bonchev–Trinajstić information content (AvgIpc) is 3.87. The van der Waals surface area contributed by atoms with Crippen LogP contribution in [0.15, 0.2) is 114 Å². The Morgan fingerprint density at radius 1 is 0.714 bits per heavy atom. The minimum atomic E-state index is -0.544. The molecule has 0 atom stereocenters. The molecule has 0 saturated carbocycles. The van der Waals surface area contributed by atoms with Crippen molar-refractivity contribution in [2.45, 2.75) is 45.4 Å². The smallest absolute Gasteiger partial charge is 0.277 e. The number of aldehydes is 1. The van der Waals surface area contributed by atoms with Crippen molar-refractivity contribution in [3.63, 3.8) is 0 Å². The molecule has 0 radical (unpaired) electrons. The molecule has 1 saturated heterocycles. The Morgan fingerprint density at radius 3 is 1.62 bits per heavy atom. The number of aromatic amines is 4. The summed E-state index contributed by atoms with van der Waals surface area (Å²) in [5, 5.41) is 2.83. The van der Waals surface area contributed by atoms with Crippen LogP contribution in [-0.2, 0) is 25.2 Å². The number of amides is 3. The number of rotatable bonds is 8.